The van der Waals surface area contributed by atoms with Crippen LogP contribution in [0.25, 0.3) is 0 Å². The number of hydrogen-bond donors (Lipinski definition) is 2. The second-order valence-corrected chi connectivity index (χ2v) is 7.52. The van der Waals surface area contributed by atoms with Crippen molar-refractivity contribution in [2.45, 2.75) is 13.0 Å². The van der Waals surface area contributed by atoms with Crippen molar-refractivity contribution in [3.8, 4) is 5.75 Å². The van der Waals surface area contributed by atoms with Gasteiger partial charge in [-0.15, -0.1) is 0 Å². The lowest BCUT2D eigenvalue weighted by atomic mass is 10.2. The largest absolute Gasteiger partial charge is 0.497 e. The second kappa shape index (κ2) is 11.0. The highest BCUT2D eigenvalue weighted by Crippen LogP contribution is 2.20. The molecular weight excluding hydrogens is 387 g/mol. The molecule has 29 heavy (non-hydrogen) atoms. The van der Waals surface area contributed by atoms with Crippen LogP contribution in [-0.4, -0.2) is 56.4 Å². The summed E-state index contributed by atoms with van der Waals surface area (Å²) in [6.07, 6.45) is 1.04. The number of benzene rings is 2. The standard InChI is InChI=1S/C22H29FN4OS/c1-28-21-9-7-20(8-10-21)27-15-13-26(14-16-27)12-2-11-24-22(29)25-17-18-3-5-19(23)6-4-18/h3-10H,2,11-17H2,1H3,(H2,24,25,29). The molecule has 0 amide bonds. The van der Waals surface area contributed by atoms with Crippen LogP contribution in [0, 0.1) is 5.82 Å². The molecule has 2 aromatic rings. The maximum absolute atomic E-state index is 12.9. The minimum atomic E-state index is -0.223. The van der Waals surface area contributed by atoms with Crippen molar-refractivity contribution < 1.29 is 9.13 Å². The molecule has 0 aliphatic carbocycles. The van der Waals surface area contributed by atoms with E-state index in [1.807, 2.05) is 12.1 Å². The molecule has 0 radical (unpaired) electrons. The summed E-state index contributed by atoms with van der Waals surface area (Å²) in [7, 11) is 1.69. The summed E-state index contributed by atoms with van der Waals surface area (Å²) in [6.45, 7) is 6.71. The van der Waals surface area contributed by atoms with Crippen LogP contribution in [0.2, 0.25) is 0 Å². The van der Waals surface area contributed by atoms with Crippen LogP contribution in [0.1, 0.15) is 12.0 Å². The highest BCUT2D eigenvalue weighted by Gasteiger charge is 2.16. The van der Waals surface area contributed by atoms with E-state index in [1.54, 1.807) is 19.2 Å². The SMILES string of the molecule is COc1ccc(N2CCN(CCCNC(=S)NCc3ccc(F)cc3)CC2)cc1. The van der Waals surface area contributed by atoms with Gasteiger partial charge in [0, 0.05) is 45.0 Å². The third-order valence-electron chi connectivity index (χ3n) is 5.11. The van der Waals surface area contributed by atoms with Gasteiger partial charge in [-0.05, 0) is 67.1 Å². The number of anilines is 1. The van der Waals surface area contributed by atoms with Crippen LogP contribution in [0.3, 0.4) is 0 Å². The quantitative estimate of drug-likeness (QED) is 0.509. The van der Waals surface area contributed by atoms with Crippen LogP contribution < -0.4 is 20.3 Å². The van der Waals surface area contributed by atoms with E-state index >= 15 is 0 Å². The third-order valence-corrected chi connectivity index (χ3v) is 5.40. The van der Waals surface area contributed by atoms with E-state index in [4.69, 9.17) is 17.0 Å². The first-order chi connectivity index (χ1) is 14.1. The maximum Gasteiger partial charge on any atom is 0.166 e. The van der Waals surface area contributed by atoms with Crippen molar-refractivity contribution in [3.05, 3.63) is 59.9 Å². The fourth-order valence-electron chi connectivity index (χ4n) is 3.37. The molecule has 0 bridgehead atoms. The summed E-state index contributed by atoms with van der Waals surface area (Å²) >= 11 is 5.31. The van der Waals surface area contributed by atoms with Gasteiger partial charge >= 0.3 is 0 Å². The number of halogens is 1. The molecule has 2 N–H and O–H groups in total. The lowest BCUT2D eigenvalue weighted by Crippen LogP contribution is -2.47. The predicted molar refractivity (Wildman–Crippen MR) is 120 cm³/mol. The molecule has 0 saturated carbocycles. The molecule has 1 fully saturated rings. The summed E-state index contributed by atoms with van der Waals surface area (Å²) in [5.41, 5.74) is 2.26. The molecule has 0 aromatic heterocycles. The molecule has 1 aliphatic rings. The summed E-state index contributed by atoms with van der Waals surface area (Å²) in [5.74, 6) is 0.671. The van der Waals surface area contributed by atoms with E-state index in [0.717, 1.165) is 57.0 Å². The van der Waals surface area contributed by atoms with Crippen LogP contribution in [0.4, 0.5) is 10.1 Å². The zero-order valence-corrected chi connectivity index (χ0v) is 17.7. The Bertz CT molecular complexity index is 761. The van der Waals surface area contributed by atoms with Crippen molar-refractivity contribution in [1.82, 2.24) is 15.5 Å². The number of nitrogens with one attached hydrogen (secondary N) is 2. The van der Waals surface area contributed by atoms with E-state index in [0.29, 0.717) is 11.7 Å². The first kappa shape index (κ1) is 21.3. The van der Waals surface area contributed by atoms with Gasteiger partial charge in [-0.3, -0.25) is 4.90 Å². The molecule has 0 atom stereocenters. The molecule has 156 valence electrons. The van der Waals surface area contributed by atoms with Gasteiger partial charge in [0.2, 0.25) is 0 Å². The Morgan fingerprint density at radius 3 is 2.34 bits per heavy atom. The van der Waals surface area contributed by atoms with Crippen LogP contribution in [0.15, 0.2) is 48.5 Å². The Hall–Kier alpha value is -2.38. The van der Waals surface area contributed by atoms with Gasteiger partial charge in [-0.1, -0.05) is 12.1 Å². The van der Waals surface area contributed by atoms with E-state index in [9.17, 15) is 4.39 Å². The Morgan fingerprint density at radius 2 is 1.69 bits per heavy atom. The molecule has 7 heteroatoms. The van der Waals surface area contributed by atoms with E-state index in [2.05, 4.69) is 32.6 Å². The monoisotopic (exact) mass is 416 g/mol. The molecule has 0 unspecified atom stereocenters. The van der Waals surface area contributed by atoms with Gasteiger partial charge in [0.05, 0.1) is 7.11 Å². The molecule has 1 heterocycles. The fourth-order valence-corrected chi connectivity index (χ4v) is 3.55. The average molecular weight is 417 g/mol. The highest BCUT2D eigenvalue weighted by atomic mass is 32.1. The van der Waals surface area contributed by atoms with Gasteiger partial charge in [-0.25, -0.2) is 4.39 Å². The minimum Gasteiger partial charge on any atom is -0.497 e. The van der Waals surface area contributed by atoms with Crippen molar-refractivity contribution >= 4 is 23.0 Å². The smallest absolute Gasteiger partial charge is 0.166 e. The lowest BCUT2D eigenvalue weighted by molar-refractivity contribution is 0.255. The molecule has 0 spiro atoms. The highest BCUT2D eigenvalue weighted by molar-refractivity contribution is 7.80. The van der Waals surface area contributed by atoms with Crippen LogP contribution in [0.5, 0.6) is 5.75 Å². The Kier molecular flexibility index (Phi) is 8.07. The van der Waals surface area contributed by atoms with Gasteiger partial charge < -0.3 is 20.3 Å². The molecule has 5 nitrogen and oxygen atoms in total. The van der Waals surface area contributed by atoms with Gasteiger partial charge in [0.1, 0.15) is 11.6 Å². The number of rotatable bonds is 8. The summed E-state index contributed by atoms with van der Waals surface area (Å²) in [5, 5.41) is 7.04. The maximum atomic E-state index is 12.9. The second-order valence-electron chi connectivity index (χ2n) is 7.12. The summed E-state index contributed by atoms with van der Waals surface area (Å²) in [4.78, 5) is 4.92. The molecule has 1 aliphatic heterocycles. The number of piperazine rings is 1. The zero-order valence-electron chi connectivity index (χ0n) is 16.9. The number of nitrogens with zero attached hydrogens (tertiary/aromatic N) is 2. The topological polar surface area (TPSA) is 39.8 Å². The van der Waals surface area contributed by atoms with Crippen molar-refractivity contribution in [2.24, 2.45) is 0 Å². The number of thiocarbonyl (C=S) groups is 1. The normalized spacial score (nSPS) is 14.5. The van der Waals surface area contributed by atoms with Crippen LogP contribution >= 0.6 is 12.2 Å². The predicted octanol–water partition coefficient (Wildman–Crippen LogP) is 3.01. The van der Waals surface area contributed by atoms with Crippen LogP contribution in [-0.2, 0) is 6.54 Å². The lowest BCUT2D eigenvalue weighted by Gasteiger charge is -2.36. The zero-order chi connectivity index (χ0) is 20.5. The minimum absolute atomic E-state index is 0.223. The fraction of sp³-hybridized carbons (Fsp3) is 0.409. The first-order valence-electron chi connectivity index (χ1n) is 10.0. The Morgan fingerprint density at radius 1 is 1.00 bits per heavy atom. The number of ether oxygens (including phenoxy) is 1. The van der Waals surface area contributed by atoms with E-state index < -0.39 is 0 Å². The van der Waals surface area contributed by atoms with Gasteiger partial charge in [0.25, 0.3) is 0 Å². The van der Waals surface area contributed by atoms with Crippen molar-refractivity contribution in [1.29, 1.82) is 0 Å². The summed E-state index contributed by atoms with van der Waals surface area (Å²) in [6, 6.07) is 14.7. The molecular formula is C22H29FN4OS. The summed E-state index contributed by atoms with van der Waals surface area (Å²) < 4.78 is 18.1. The number of hydrogen-bond acceptors (Lipinski definition) is 4. The Labute approximate surface area is 177 Å². The third kappa shape index (κ3) is 6.87. The first-order valence-corrected chi connectivity index (χ1v) is 10.4. The molecule has 1 saturated heterocycles. The average Bonchev–Trinajstić information content (AvgIpc) is 2.77. The number of methoxy groups -OCH3 is 1. The van der Waals surface area contributed by atoms with E-state index in [-0.39, 0.29) is 5.82 Å². The molecule has 3 rings (SSSR count). The Balaban J connectivity index is 1.27. The molecule has 2 aromatic carbocycles. The van der Waals surface area contributed by atoms with Gasteiger partial charge in [0.15, 0.2) is 5.11 Å². The van der Waals surface area contributed by atoms with Crippen molar-refractivity contribution in [3.63, 3.8) is 0 Å². The van der Waals surface area contributed by atoms with E-state index in [1.165, 1.54) is 17.8 Å². The van der Waals surface area contributed by atoms with Crippen molar-refractivity contribution in [2.75, 3.05) is 51.3 Å². The van der Waals surface area contributed by atoms with Gasteiger partial charge in [-0.2, -0.15) is 0 Å².